The molecular formula is C11H22N2O. The van der Waals surface area contributed by atoms with Crippen molar-refractivity contribution < 1.29 is 4.79 Å². The largest absolute Gasteiger partial charge is 0.337 e. The first-order valence-electron chi connectivity index (χ1n) is 4.84. The van der Waals surface area contributed by atoms with Crippen LogP contribution in [0.4, 0.5) is 0 Å². The third-order valence-corrected chi connectivity index (χ3v) is 2.07. The molecule has 0 spiro atoms. The number of rotatable bonds is 3. The molecule has 0 aliphatic rings. The molecule has 14 heavy (non-hydrogen) atoms. The van der Waals surface area contributed by atoms with Gasteiger partial charge in [0.2, 0.25) is 5.91 Å². The van der Waals surface area contributed by atoms with E-state index in [0.717, 1.165) is 6.54 Å². The van der Waals surface area contributed by atoms with Gasteiger partial charge in [-0.1, -0.05) is 6.08 Å². The van der Waals surface area contributed by atoms with E-state index in [1.165, 1.54) is 0 Å². The molecule has 0 aromatic heterocycles. The molecule has 82 valence electrons. The number of likely N-dealkylation sites (N-methyl/N-ethyl adjacent to an activating group) is 2. The van der Waals surface area contributed by atoms with Crippen molar-refractivity contribution in [2.24, 2.45) is 0 Å². The predicted octanol–water partition coefficient (Wildman–Crippen LogP) is 1.36. The van der Waals surface area contributed by atoms with Crippen LogP contribution in [0.25, 0.3) is 0 Å². The molecule has 0 aromatic carbocycles. The molecule has 0 unspecified atom stereocenters. The number of carbonyl (C=O) groups is 1. The molecule has 1 amide bonds. The molecule has 0 atom stereocenters. The van der Waals surface area contributed by atoms with Crippen molar-refractivity contribution >= 4 is 5.91 Å². The van der Waals surface area contributed by atoms with Crippen molar-refractivity contribution in [2.45, 2.75) is 26.3 Å². The van der Waals surface area contributed by atoms with Crippen molar-refractivity contribution in [2.75, 3.05) is 27.7 Å². The second kappa shape index (κ2) is 5.15. The Morgan fingerprint density at radius 1 is 1.21 bits per heavy atom. The third-order valence-electron chi connectivity index (χ3n) is 2.07. The van der Waals surface area contributed by atoms with E-state index in [2.05, 4.69) is 0 Å². The molecule has 3 nitrogen and oxygen atoms in total. The van der Waals surface area contributed by atoms with E-state index >= 15 is 0 Å². The lowest BCUT2D eigenvalue weighted by molar-refractivity contribution is -0.128. The van der Waals surface area contributed by atoms with Gasteiger partial charge in [-0.3, -0.25) is 4.79 Å². The molecule has 0 aromatic rings. The molecule has 0 N–H and O–H groups in total. The van der Waals surface area contributed by atoms with Crippen LogP contribution in [0, 0.1) is 0 Å². The van der Waals surface area contributed by atoms with Gasteiger partial charge in [0.05, 0.1) is 0 Å². The van der Waals surface area contributed by atoms with Gasteiger partial charge in [-0.25, -0.2) is 0 Å². The van der Waals surface area contributed by atoms with Gasteiger partial charge in [0.25, 0.3) is 0 Å². The average Bonchev–Trinajstić information content (AvgIpc) is 2.00. The molecule has 0 fully saturated rings. The summed E-state index contributed by atoms with van der Waals surface area (Å²) in [5.41, 5.74) is -0.112. The van der Waals surface area contributed by atoms with E-state index in [9.17, 15) is 4.79 Å². The van der Waals surface area contributed by atoms with Crippen LogP contribution < -0.4 is 0 Å². The number of nitrogens with zero attached hydrogens (tertiary/aromatic N) is 2. The SMILES string of the molecule is CN(C)C/C=C/C(=O)N(C)C(C)(C)C. The quantitative estimate of drug-likeness (QED) is 0.639. The van der Waals surface area contributed by atoms with Crippen molar-refractivity contribution in [3.63, 3.8) is 0 Å². The fourth-order valence-corrected chi connectivity index (χ4v) is 0.807. The van der Waals surface area contributed by atoms with Gasteiger partial charge in [-0.05, 0) is 34.9 Å². The first kappa shape index (κ1) is 13.2. The molecule has 0 bridgehead atoms. The molecule has 0 saturated heterocycles. The van der Waals surface area contributed by atoms with Gasteiger partial charge in [0.15, 0.2) is 0 Å². The van der Waals surface area contributed by atoms with Gasteiger partial charge < -0.3 is 9.80 Å². The lowest BCUT2D eigenvalue weighted by atomic mass is 10.1. The zero-order valence-corrected chi connectivity index (χ0v) is 10.2. The summed E-state index contributed by atoms with van der Waals surface area (Å²) in [5, 5.41) is 0. The summed E-state index contributed by atoms with van der Waals surface area (Å²) in [7, 11) is 5.77. The summed E-state index contributed by atoms with van der Waals surface area (Å²) in [6, 6.07) is 0. The van der Waals surface area contributed by atoms with Gasteiger partial charge in [0.1, 0.15) is 0 Å². The minimum Gasteiger partial charge on any atom is -0.337 e. The lowest BCUT2D eigenvalue weighted by Crippen LogP contribution is -2.41. The Labute approximate surface area is 87.4 Å². The minimum atomic E-state index is -0.112. The second-order valence-corrected chi connectivity index (χ2v) is 4.73. The number of hydrogen-bond donors (Lipinski definition) is 0. The Morgan fingerprint density at radius 2 is 1.71 bits per heavy atom. The van der Waals surface area contributed by atoms with Crippen molar-refractivity contribution in [3.05, 3.63) is 12.2 Å². The maximum Gasteiger partial charge on any atom is 0.246 e. The van der Waals surface area contributed by atoms with Gasteiger partial charge >= 0.3 is 0 Å². The standard InChI is InChI=1S/C11H22N2O/c1-11(2,3)13(6)10(14)8-7-9-12(4)5/h7-8H,9H2,1-6H3/b8-7+. The lowest BCUT2D eigenvalue weighted by Gasteiger charge is -2.31. The van der Waals surface area contributed by atoms with Gasteiger partial charge in [-0.2, -0.15) is 0 Å². The van der Waals surface area contributed by atoms with Crippen LogP contribution in [0.3, 0.4) is 0 Å². The maximum absolute atomic E-state index is 11.6. The van der Waals surface area contributed by atoms with E-state index in [1.54, 1.807) is 11.0 Å². The normalized spacial score (nSPS) is 12.5. The Bertz CT molecular complexity index is 214. The first-order valence-corrected chi connectivity index (χ1v) is 4.84. The monoisotopic (exact) mass is 198 g/mol. The Hall–Kier alpha value is -0.830. The highest BCUT2D eigenvalue weighted by Gasteiger charge is 2.19. The predicted molar refractivity (Wildman–Crippen MR) is 60.2 cm³/mol. The van der Waals surface area contributed by atoms with Gasteiger partial charge in [0, 0.05) is 25.2 Å². The summed E-state index contributed by atoms with van der Waals surface area (Å²) in [4.78, 5) is 15.3. The molecule has 0 heterocycles. The van der Waals surface area contributed by atoms with Crippen LogP contribution in [-0.4, -0.2) is 48.9 Å². The topological polar surface area (TPSA) is 23.6 Å². The maximum atomic E-state index is 11.6. The molecule has 0 saturated carbocycles. The second-order valence-electron chi connectivity index (χ2n) is 4.73. The minimum absolute atomic E-state index is 0.0550. The smallest absolute Gasteiger partial charge is 0.246 e. The van der Waals surface area contributed by atoms with Crippen LogP contribution in [0.15, 0.2) is 12.2 Å². The molecule has 3 heteroatoms. The third kappa shape index (κ3) is 5.02. The molecule has 0 aliphatic carbocycles. The van der Waals surface area contributed by atoms with E-state index in [4.69, 9.17) is 0 Å². The number of carbonyl (C=O) groups excluding carboxylic acids is 1. The van der Waals surface area contributed by atoms with Crippen LogP contribution in [0.2, 0.25) is 0 Å². The number of amides is 1. The highest BCUT2D eigenvalue weighted by atomic mass is 16.2. The summed E-state index contributed by atoms with van der Waals surface area (Å²) in [6.07, 6.45) is 3.51. The highest BCUT2D eigenvalue weighted by molar-refractivity contribution is 5.87. The average molecular weight is 198 g/mol. The van der Waals surface area contributed by atoms with Crippen LogP contribution in [0.1, 0.15) is 20.8 Å². The first-order chi connectivity index (χ1) is 6.25. The van der Waals surface area contributed by atoms with Crippen LogP contribution in [0.5, 0.6) is 0 Å². The van der Waals surface area contributed by atoms with E-state index in [1.807, 2.05) is 52.9 Å². The van der Waals surface area contributed by atoms with Crippen molar-refractivity contribution in [1.82, 2.24) is 9.80 Å². The highest BCUT2D eigenvalue weighted by Crippen LogP contribution is 2.10. The summed E-state index contributed by atoms with van der Waals surface area (Å²) < 4.78 is 0. The fourth-order valence-electron chi connectivity index (χ4n) is 0.807. The molecule has 0 aliphatic heterocycles. The number of hydrogen-bond acceptors (Lipinski definition) is 2. The van der Waals surface area contributed by atoms with Crippen molar-refractivity contribution in [3.8, 4) is 0 Å². The molecular weight excluding hydrogens is 176 g/mol. The Morgan fingerprint density at radius 3 is 2.07 bits per heavy atom. The zero-order chi connectivity index (χ0) is 11.4. The molecule has 0 radical (unpaired) electrons. The van der Waals surface area contributed by atoms with E-state index < -0.39 is 0 Å². The summed E-state index contributed by atoms with van der Waals surface area (Å²) in [6.45, 7) is 6.85. The zero-order valence-electron chi connectivity index (χ0n) is 10.2. The Kier molecular flexibility index (Phi) is 4.85. The summed E-state index contributed by atoms with van der Waals surface area (Å²) >= 11 is 0. The van der Waals surface area contributed by atoms with Crippen LogP contribution in [-0.2, 0) is 4.79 Å². The van der Waals surface area contributed by atoms with Crippen LogP contribution >= 0.6 is 0 Å². The fraction of sp³-hybridized carbons (Fsp3) is 0.727. The Balaban J connectivity index is 4.15. The van der Waals surface area contributed by atoms with E-state index in [-0.39, 0.29) is 11.4 Å². The summed E-state index contributed by atoms with van der Waals surface area (Å²) in [5.74, 6) is 0.0550. The van der Waals surface area contributed by atoms with E-state index in [0.29, 0.717) is 0 Å². The van der Waals surface area contributed by atoms with Crippen molar-refractivity contribution in [1.29, 1.82) is 0 Å². The van der Waals surface area contributed by atoms with Gasteiger partial charge in [-0.15, -0.1) is 0 Å². The molecule has 0 rings (SSSR count).